The molecule has 1 heterocycles. The molecule has 0 saturated carbocycles. The highest BCUT2D eigenvalue weighted by molar-refractivity contribution is 5.90. The van der Waals surface area contributed by atoms with E-state index in [-0.39, 0.29) is 18.9 Å². The van der Waals surface area contributed by atoms with Crippen molar-refractivity contribution < 1.29 is 23.9 Å². The number of ether oxygens (including phenoxy) is 2. The number of carbonyl (C=O) groups excluding carboxylic acids is 3. The molecule has 184 valence electrons. The quantitative estimate of drug-likeness (QED) is 0.609. The second-order valence-corrected chi connectivity index (χ2v) is 9.49. The van der Waals surface area contributed by atoms with Crippen LogP contribution in [0.15, 0.2) is 54.6 Å². The predicted molar refractivity (Wildman–Crippen MR) is 129 cm³/mol. The van der Waals surface area contributed by atoms with Crippen LogP contribution in [0.25, 0.3) is 0 Å². The van der Waals surface area contributed by atoms with E-state index in [1.807, 2.05) is 30.3 Å². The third-order valence-corrected chi connectivity index (χ3v) is 5.54. The van der Waals surface area contributed by atoms with Crippen molar-refractivity contribution in [3.8, 4) is 6.07 Å². The monoisotopic (exact) mass is 477 g/mol. The molecular weight excluding hydrogens is 446 g/mol. The summed E-state index contributed by atoms with van der Waals surface area (Å²) in [5, 5.41) is 11.7. The fourth-order valence-corrected chi connectivity index (χ4v) is 3.90. The van der Waals surface area contributed by atoms with Gasteiger partial charge in [-0.05, 0) is 56.9 Å². The van der Waals surface area contributed by atoms with Crippen LogP contribution < -0.4 is 5.32 Å². The Labute approximate surface area is 205 Å². The normalized spacial score (nSPS) is 16.2. The van der Waals surface area contributed by atoms with Crippen LogP contribution in [0.4, 0.5) is 4.79 Å². The molecule has 0 bridgehead atoms. The molecule has 0 radical (unpaired) electrons. The molecule has 0 aromatic heterocycles. The van der Waals surface area contributed by atoms with E-state index in [0.29, 0.717) is 24.9 Å². The Hall–Kier alpha value is -3.86. The molecule has 1 aliphatic heterocycles. The van der Waals surface area contributed by atoms with Crippen molar-refractivity contribution in [2.75, 3.05) is 6.54 Å². The van der Waals surface area contributed by atoms with Gasteiger partial charge in [-0.25, -0.2) is 9.59 Å². The van der Waals surface area contributed by atoms with Gasteiger partial charge in [0, 0.05) is 13.0 Å². The Morgan fingerprint density at radius 3 is 2.40 bits per heavy atom. The van der Waals surface area contributed by atoms with Gasteiger partial charge in [-0.3, -0.25) is 4.79 Å². The number of likely N-dealkylation sites (tertiary alicyclic amines) is 1. The molecule has 0 unspecified atom stereocenters. The van der Waals surface area contributed by atoms with E-state index >= 15 is 0 Å². The number of esters is 1. The average molecular weight is 478 g/mol. The first-order valence-corrected chi connectivity index (χ1v) is 11.7. The molecule has 0 aliphatic carbocycles. The molecule has 2 aromatic rings. The molecule has 2 atom stereocenters. The van der Waals surface area contributed by atoms with Crippen LogP contribution in [-0.4, -0.2) is 47.1 Å². The molecule has 1 fully saturated rings. The second-order valence-electron chi connectivity index (χ2n) is 9.49. The number of rotatable bonds is 7. The summed E-state index contributed by atoms with van der Waals surface area (Å²) >= 11 is 0. The van der Waals surface area contributed by atoms with E-state index in [1.165, 1.54) is 4.90 Å². The molecule has 0 spiro atoms. The maximum atomic E-state index is 13.6. The number of hydrogen-bond donors (Lipinski definition) is 1. The fourth-order valence-electron chi connectivity index (χ4n) is 3.90. The number of hydrogen-bond acceptors (Lipinski definition) is 6. The summed E-state index contributed by atoms with van der Waals surface area (Å²) in [5.74, 6) is -0.839. The number of alkyl carbamates (subject to hydrolysis) is 1. The minimum atomic E-state index is -0.944. The van der Waals surface area contributed by atoms with Gasteiger partial charge in [0.05, 0.1) is 11.6 Å². The zero-order valence-corrected chi connectivity index (χ0v) is 20.3. The number of nitriles is 1. The van der Waals surface area contributed by atoms with Gasteiger partial charge in [-0.2, -0.15) is 5.26 Å². The van der Waals surface area contributed by atoms with Gasteiger partial charge in [0.2, 0.25) is 5.91 Å². The molecule has 1 saturated heterocycles. The van der Waals surface area contributed by atoms with Crippen LogP contribution in [0.3, 0.4) is 0 Å². The lowest BCUT2D eigenvalue weighted by molar-refractivity contribution is -0.155. The maximum absolute atomic E-state index is 13.6. The van der Waals surface area contributed by atoms with Crippen LogP contribution in [0, 0.1) is 11.3 Å². The number of carbonyl (C=O) groups is 3. The fraction of sp³-hybridized carbons (Fsp3) is 0.407. The summed E-state index contributed by atoms with van der Waals surface area (Å²) in [7, 11) is 0. The highest BCUT2D eigenvalue weighted by atomic mass is 16.6. The smallest absolute Gasteiger partial charge is 0.408 e. The van der Waals surface area contributed by atoms with Gasteiger partial charge in [-0.1, -0.05) is 42.5 Å². The third kappa shape index (κ3) is 7.57. The third-order valence-electron chi connectivity index (χ3n) is 5.54. The van der Waals surface area contributed by atoms with Crippen LogP contribution in [0.2, 0.25) is 0 Å². The van der Waals surface area contributed by atoms with E-state index in [0.717, 1.165) is 11.1 Å². The Morgan fingerprint density at radius 2 is 1.77 bits per heavy atom. The standard InChI is InChI=1S/C27H31N3O5/c1-27(2,3)35-26(33)29-22(16-19-11-13-20(17-28)14-12-19)24(31)30-15-7-10-23(30)25(32)34-18-21-8-5-4-6-9-21/h4-6,8-9,11-14,22-23H,7,10,15-16,18H2,1-3H3,(H,29,33)/t22-,23+/m0/s1. The first-order chi connectivity index (χ1) is 16.7. The molecule has 8 heteroatoms. The number of benzene rings is 2. The molecule has 3 rings (SSSR count). The summed E-state index contributed by atoms with van der Waals surface area (Å²) in [6.07, 6.45) is 0.626. The van der Waals surface area contributed by atoms with Crippen molar-refractivity contribution in [2.45, 2.75) is 64.3 Å². The van der Waals surface area contributed by atoms with Gasteiger partial charge < -0.3 is 19.7 Å². The second kappa shape index (κ2) is 11.5. The highest BCUT2D eigenvalue weighted by Crippen LogP contribution is 2.22. The highest BCUT2D eigenvalue weighted by Gasteiger charge is 2.39. The van der Waals surface area contributed by atoms with E-state index in [2.05, 4.69) is 11.4 Å². The van der Waals surface area contributed by atoms with Crippen LogP contribution in [-0.2, 0) is 32.1 Å². The molecular formula is C27H31N3O5. The zero-order valence-electron chi connectivity index (χ0n) is 20.3. The lowest BCUT2D eigenvalue weighted by Crippen LogP contribution is -2.53. The molecule has 2 aromatic carbocycles. The Morgan fingerprint density at radius 1 is 1.09 bits per heavy atom. The first-order valence-electron chi connectivity index (χ1n) is 11.7. The first kappa shape index (κ1) is 25.8. The van der Waals surface area contributed by atoms with E-state index in [1.54, 1.807) is 45.0 Å². The lowest BCUT2D eigenvalue weighted by Gasteiger charge is -2.29. The summed E-state index contributed by atoms with van der Waals surface area (Å²) in [4.78, 5) is 40.4. The van der Waals surface area contributed by atoms with Crippen molar-refractivity contribution in [1.82, 2.24) is 10.2 Å². The van der Waals surface area contributed by atoms with Crippen LogP contribution in [0.5, 0.6) is 0 Å². The topological polar surface area (TPSA) is 109 Å². The van der Waals surface area contributed by atoms with Crippen LogP contribution in [0.1, 0.15) is 50.3 Å². The van der Waals surface area contributed by atoms with Crippen molar-refractivity contribution in [3.63, 3.8) is 0 Å². The largest absolute Gasteiger partial charge is 0.459 e. The summed E-state index contributed by atoms with van der Waals surface area (Å²) < 4.78 is 10.8. The van der Waals surface area contributed by atoms with Crippen molar-refractivity contribution in [3.05, 3.63) is 71.3 Å². The SMILES string of the molecule is CC(C)(C)OC(=O)N[C@@H](Cc1ccc(C#N)cc1)C(=O)N1CCC[C@@H]1C(=O)OCc1ccccc1. The molecule has 2 amide bonds. The van der Waals surface area contributed by atoms with Gasteiger partial charge >= 0.3 is 12.1 Å². The van der Waals surface area contributed by atoms with E-state index in [4.69, 9.17) is 14.7 Å². The average Bonchev–Trinajstić information content (AvgIpc) is 3.32. The Bertz CT molecular complexity index is 1070. The van der Waals surface area contributed by atoms with Crippen molar-refractivity contribution in [1.29, 1.82) is 5.26 Å². The Kier molecular flexibility index (Phi) is 8.48. The van der Waals surface area contributed by atoms with Gasteiger partial charge in [0.25, 0.3) is 0 Å². The molecule has 8 nitrogen and oxygen atoms in total. The number of amides is 2. The molecule has 35 heavy (non-hydrogen) atoms. The van der Waals surface area contributed by atoms with E-state index < -0.39 is 29.7 Å². The summed E-state index contributed by atoms with van der Waals surface area (Å²) in [5.41, 5.74) is 1.39. The minimum Gasteiger partial charge on any atom is -0.459 e. The van der Waals surface area contributed by atoms with Crippen molar-refractivity contribution >= 4 is 18.0 Å². The summed E-state index contributed by atoms with van der Waals surface area (Å²) in [6, 6.07) is 16.5. The number of nitrogens with one attached hydrogen (secondary N) is 1. The van der Waals surface area contributed by atoms with Crippen molar-refractivity contribution in [2.24, 2.45) is 0 Å². The summed E-state index contributed by atoms with van der Waals surface area (Å²) in [6.45, 7) is 5.74. The van der Waals surface area contributed by atoms with E-state index in [9.17, 15) is 14.4 Å². The Balaban J connectivity index is 1.73. The molecule has 1 N–H and O–H groups in total. The zero-order chi connectivity index (χ0) is 25.4. The molecule has 1 aliphatic rings. The maximum Gasteiger partial charge on any atom is 0.408 e. The minimum absolute atomic E-state index is 0.128. The van der Waals surface area contributed by atoms with Crippen LogP contribution >= 0.6 is 0 Å². The van der Waals surface area contributed by atoms with Gasteiger partial charge in [-0.15, -0.1) is 0 Å². The lowest BCUT2D eigenvalue weighted by atomic mass is 10.0. The van der Waals surface area contributed by atoms with Gasteiger partial charge in [0.1, 0.15) is 24.3 Å². The predicted octanol–water partition coefficient (Wildman–Crippen LogP) is 3.73. The van der Waals surface area contributed by atoms with Gasteiger partial charge in [0.15, 0.2) is 0 Å². The number of nitrogens with zero attached hydrogens (tertiary/aromatic N) is 2.